The number of carbonyl (C=O) groups is 2. The highest BCUT2D eigenvalue weighted by molar-refractivity contribution is 7.12. The van der Waals surface area contributed by atoms with Gasteiger partial charge in [0.2, 0.25) is 5.91 Å². The Morgan fingerprint density at radius 3 is 2.90 bits per heavy atom. The summed E-state index contributed by atoms with van der Waals surface area (Å²) < 4.78 is 0. The molecule has 2 rings (SSSR count). The minimum Gasteiger partial charge on any atom is -0.388 e. The van der Waals surface area contributed by atoms with Gasteiger partial charge in [-0.25, -0.2) is 0 Å². The Balaban J connectivity index is 1.98. The molecule has 20 heavy (non-hydrogen) atoms. The molecule has 2 atom stereocenters. The molecule has 1 aromatic rings. The lowest BCUT2D eigenvalue weighted by atomic mass is 9.88. The predicted molar refractivity (Wildman–Crippen MR) is 74.5 cm³/mol. The summed E-state index contributed by atoms with van der Waals surface area (Å²) in [5, 5.41) is 24.7. The number of amides is 2. The normalized spacial score (nSPS) is 26.4. The van der Waals surface area contributed by atoms with Gasteiger partial charge >= 0.3 is 0 Å². The number of carbonyl (C=O) groups excluding carboxylic acids is 2. The van der Waals surface area contributed by atoms with Crippen molar-refractivity contribution < 1.29 is 19.8 Å². The van der Waals surface area contributed by atoms with Crippen LogP contribution >= 0.6 is 11.3 Å². The first-order valence-electron chi connectivity index (χ1n) is 6.40. The topological polar surface area (TPSA) is 89.9 Å². The van der Waals surface area contributed by atoms with Gasteiger partial charge in [-0.05, 0) is 17.9 Å². The Morgan fingerprint density at radius 1 is 1.60 bits per heavy atom. The van der Waals surface area contributed by atoms with Crippen LogP contribution in [0.2, 0.25) is 0 Å². The molecule has 1 fully saturated rings. The van der Waals surface area contributed by atoms with Crippen molar-refractivity contribution in [3.63, 3.8) is 0 Å². The van der Waals surface area contributed by atoms with Crippen LogP contribution in [0.5, 0.6) is 0 Å². The van der Waals surface area contributed by atoms with Crippen molar-refractivity contribution in [2.75, 3.05) is 19.6 Å². The zero-order valence-corrected chi connectivity index (χ0v) is 12.0. The highest BCUT2D eigenvalue weighted by Gasteiger charge is 2.42. The molecular weight excluding hydrogens is 280 g/mol. The molecule has 0 saturated carbocycles. The average Bonchev–Trinajstić information content (AvgIpc) is 2.93. The zero-order chi connectivity index (χ0) is 14.8. The Labute approximate surface area is 121 Å². The molecule has 0 radical (unpaired) electrons. The number of nitrogens with zero attached hydrogens (tertiary/aromatic N) is 1. The minimum atomic E-state index is -1.38. The lowest BCUT2D eigenvalue weighted by molar-refractivity contribution is -0.127. The average molecular weight is 298 g/mol. The van der Waals surface area contributed by atoms with Gasteiger partial charge in [-0.3, -0.25) is 9.59 Å². The van der Waals surface area contributed by atoms with Gasteiger partial charge < -0.3 is 20.4 Å². The number of aliphatic hydroxyl groups excluding tert-OH is 1. The molecule has 3 N–H and O–H groups in total. The molecular formula is C13H18N2O4S. The lowest BCUT2D eigenvalue weighted by Crippen LogP contribution is -2.60. The van der Waals surface area contributed by atoms with Crippen LogP contribution in [0.15, 0.2) is 17.5 Å². The maximum absolute atomic E-state index is 12.2. The first kappa shape index (κ1) is 15.0. The predicted octanol–water partition coefficient (Wildman–Crippen LogP) is -0.178. The molecule has 0 aliphatic carbocycles. The fourth-order valence-electron chi connectivity index (χ4n) is 2.19. The summed E-state index contributed by atoms with van der Waals surface area (Å²) in [6.45, 7) is 1.76. The monoisotopic (exact) mass is 298 g/mol. The summed E-state index contributed by atoms with van der Waals surface area (Å²) in [6, 6.07) is 3.53. The second-order valence-corrected chi connectivity index (χ2v) is 5.96. The van der Waals surface area contributed by atoms with Crippen LogP contribution in [0.25, 0.3) is 0 Å². The number of rotatable bonds is 3. The van der Waals surface area contributed by atoms with E-state index in [2.05, 4.69) is 5.32 Å². The van der Waals surface area contributed by atoms with Crippen molar-refractivity contribution in [3.05, 3.63) is 22.4 Å². The highest BCUT2D eigenvalue weighted by Crippen LogP contribution is 2.24. The molecule has 1 aliphatic rings. The van der Waals surface area contributed by atoms with Gasteiger partial charge in [-0.15, -0.1) is 11.3 Å². The quantitative estimate of drug-likeness (QED) is 0.722. The molecule has 110 valence electrons. The summed E-state index contributed by atoms with van der Waals surface area (Å²) in [5.41, 5.74) is -1.38. The fraction of sp³-hybridized carbons (Fsp3) is 0.538. The maximum Gasteiger partial charge on any atom is 0.264 e. The summed E-state index contributed by atoms with van der Waals surface area (Å²) in [7, 11) is 0. The number of likely N-dealkylation sites (tertiary alicyclic amines) is 1. The smallest absolute Gasteiger partial charge is 0.264 e. The van der Waals surface area contributed by atoms with Gasteiger partial charge in [0, 0.05) is 26.6 Å². The van der Waals surface area contributed by atoms with E-state index in [1.807, 2.05) is 5.38 Å². The van der Waals surface area contributed by atoms with Gasteiger partial charge in [0.05, 0.1) is 4.88 Å². The third kappa shape index (κ3) is 3.17. The molecule has 1 aliphatic heterocycles. The Hall–Kier alpha value is -1.44. The van der Waals surface area contributed by atoms with Crippen LogP contribution in [-0.2, 0) is 4.79 Å². The summed E-state index contributed by atoms with van der Waals surface area (Å²) in [4.78, 5) is 25.2. The van der Waals surface area contributed by atoms with E-state index < -0.39 is 11.7 Å². The van der Waals surface area contributed by atoms with Crippen molar-refractivity contribution in [2.24, 2.45) is 0 Å². The van der Waals surface area contributed by atoms with Crippen molar-refractivity contribution >= 4 is 23.2 Å². The first-order valence-corrected chi connectivity index (χ1v) is 7.28. The molecule has 0 bridgehead atoms. The van der Waals surface area contributed by atoms with Crippen molar-refractivity contribution in [1.82, 2.24) is 10.2 Å². The van der Waals surface area contributed by atoms with Crippen LogP contribution in [0.3, 0.4) is 0 Å². The van der Waals surface area contributed by atoms with E-state index in [0.717, 1.165) is 0 Å². The number of thiophene rings is 1. The molecule has 2 heterocycles. The Morgan fingerprint density at radius 2 is 2.35 bits per heavy atom. The van der Waals surface area contributed by atoms with Crippen LogP contribution in [-0.4, -0.2) is 58.3 Å². The molecule has 1 aromatic heterocycles. The van der Waals surface area contributed by atoms with Gasteiger partial charge in [0.25, 0.3) is 5.91 Å². The third-order valence-corrected chi connectivity index (χ3v) is 4.35. The van der Waals surface area contributed by atoms with Crippen LogP contribution in [0.4, 0.5) is 0 Å². The van der Waals surface area contributed by atoms with Gasteiger partial charge in [0.1, 0.15) is 11.7 Å². The SMILES string of the molecule is CC(=O)NC[C@]1(O)CCN(C(=O)c2cccs2)C[C@H]1O. The second-order valence-electron chi connectivity index (χ2n) is 5.01. The third-order valence-electron chi connectivity index (χ3n) is 3.49. The van der Waals surface area contributed by atoms with Gasteiger partial charge in [0.15, 0.2) is 0 Å². The largest absolute Gasteiger partial charge is 0.388 e. The van der Waals surface area contributed by atoms with Crippen LogP contribution in [0.1, 0.15) is 23.0 Å². The number of hydrogen-bond acceptors (Lipinski definition) is 5. The molecule has 7 heteroatoms. The number of aliphatic hydroxyl groups is 2. The molecule has 2 amide bonds. The number of hydrogen-bond donors (Lipinski definition) is 3. The molecule has 0 unspecified atom stereocenters. The Bertz CT molecular complexity index is 491. The van der Waals surface area contributed by atoms with E-state index in [-0.39, 0.29) is 31.3 Å². The van der Waals surface area contributed by atoms with E-state index >= 15 is 0 Å². The first-order chi connectivity index (χ1) is 9.42. The van der Waals surface area contributed by atoms with Crippen LogP contribution < -0.4 is 5.32 Å². The molecule has 0 aromatic carbocycles. The maximum atomic E-state index is 12.2. The number of nitrogens with one attached hydrogen (secondary N) is 1. The van der Waals surface area contributed by atoms with Gasteiger partial charge in [-0.2, -0.15) is 0 Å². The van der Waals surface area contributed by atoms with Crippen molar-refractivity contribution in [3.8, 4) is 0 Å². The summed E-state index contributed by atoms with van der Waals surface area (Å²) in [5.74, 6) is -0.400. The highest BCUT2D eigenvalue weighted by atomic mass is 32.1. The lowest BCUT2D eigenvalue weighted by Gasteiger charge is -2.41. The Kier molecular flexibility index (Phi) is 4.42. The van der Waals surface area contributed by atoms with Crippen molar-refractivity contribution in [2.45, 2.75) is 25.0 Å². The molecule has 1 saturated heterocycles. The molecule has 6 nitrogen and oxygen atoms in total. The zero-order valence-electron chi connectivity index (χ0n) is 11.2. The van der Waals surface area contributed by atoms with E-state index in [1.165, 1.54) is 23.2 Å². The van der Waals surface area contributed by atoms with Crippen molar-refractivity contribution in [1.29, 1.82) is 0 Å². The van der Waals surface area contributed by atoms with E-state index in [4.69, 9.17) is 0 Å². The van der Waals surface area contributed by atoms with E-state index in [9.17, 15) is 19.8 Å². The van der Waals surface area contributed by atoms with Crippen LogP contribution in [0, 0.1) is 0 Å². The fourth-order valence-corrected chi connectivity index (χ4v) is 2.88. The standard InChI is InChI=1S/C13H18N2O4S/c1-9(16)14-8-13(19)4-5-15(7-11(13)17)12(18)10-3-2-6-20-10/h2-3,6,11,17,19H,4-5,7-8H2,1H3,(H,14,16)/t11-,13-/m1/s1. The number of piperidine rings is 1. The van der Waals surface area contributed by atoms with E-state index in [1.54, 1.807) is 12.1 Å². The van der Waals surface area contributed by atoms with E-state index in [0.29, 0.717) is 11.4 Å². The second kappa shape index (κ2) is 5.90. The minimum absolute atomic E-state index is 0.00939. The number of β-amino-alcohol motifs (C(OH)–C–C–N with tert-alkyl or cyclic N) is 1. The summed E-state index contributed by atoms with van der Waals surface area (Å²) in [6.07, 6.45) is -0.849. The summed E-state index contributed by atoms with van der Waals surface area (Å²) >= 11 is 1.35. The molecule has 0 spiro atoms. The van der Waals surface area contributed by atoms with Gasteiger partial charge in [-0.1, -0.05) is 6.07 Å².